The molecule has 0 aliphatic carbocycles. The Hall–Kier alpha value is -0.230. The van der Waals surface area contributed by atoms with Crippen LogP contribution in [0.25, 0.3) is 10.9 Å². The molecule has 0 N–H and O–H groups in total. The van der Waals surface area contributed by atoms with E-state index in [1.54, 1.807) is 12.3 Å². The van der Waals surface area contributed by atoms with Gasteiger partial charge in [-0.05, 0) is 40.8 Å². The van der Waals surface area contributed by atoms with Gasteiger partial charge in [-0.1, -0.05) is 15.9 Å². The maximum Gasteiger partial charge on any atom is 0.125 e. The quantitative estimate of drug-likeness (QED) is 0.659. The first-order valence-electron chi connectivity index (χ1n) is 3.58. The number of pyridine rings is 1. The van der Waals surface area contributed by atoms with Crippen molar-refractivity contribution in [2.45, 2.75) is 0 Å². The van der Waals surface area contributed by atoms with Gasteiger partial charge in [0, 0.05) is 19.6 Å². The van der Waals surface area contributed by atoms with Crippen LogP contribution in [0.5, 0.6) is 0 Å². The molecule has 0 bridgehead atoms. The summed E-state index contributed by atoms with van der Waals surface area (Å²) >= 11 is 5.43. The van der Waals surface area contributed by atoms with Gasteiger partial charge in [-0.15, -0.1) is 0 Å². The van der Waals surface area contributed by atoms with Crippen molar-refractivity contribution in [1.29, 1.82) is 0 Å². The van der Waals surface area contributed by atoms with Gasteiger partial charge in [-0.25, -0.2) is 4.39 Å². The monoisotopic (exact) mass is 351 g/mol. The molecule has 0 unspecified atom stereocenters. The molecule has 1 nitrogen and oxygen atoms in total. The Morgan fingerprint density at radius 2 is 2.15 bits per heavy atom. The predicted octanol–water partition coefficient (Wildman–Crippen LogP) is 3.74. The van der Waals surface area contributed by atoms with E-state index in [1.165, 1.54) is 12.1 Å². The Balaban J connectivity index is 2.94. The second-order valence-electron chi connectivity index (χ2n) is 2.58. The van der Waals surface area contributed by atoms with E-state index >= 15 is 0 Å². The van der Waals surface area contributed by atoms with Crippen LogP contribution in [0.3, 0.4) is 0 Å². The smallest absolute Gasteiger partial charge is 0.125 e. The third-order valence-corrected chi connectivity index (χ3v) is 3.22. The first-order valence-corrected chi connectivity index (χ1v) is 5.45. The van der Waals surface area contributed by atoms with Crippen LogP contribution < -0.4 is 0 Å². The molecule has 2 aromatic rings. The molecule has 0 fully saturated rings. The topological polar surface area (TPSA) is 12.9 Å². The minimum Gasteiger partial charge on any atom is -0.255 e. The summed E-state index contributed by atoms with van der Waals surface area (Å²) in [5.41, 5.74) is 0.830. The maximum atomic E-state index is 13.0. The van der Waals surface area contributed by atoms with Crippen molar-refractivity contribution in [1.82, 2.24) is 4.98 Å². The summed E-state index contributed by atoms with van der Waals surface area (Å²) in [7, 11) is 0. The van der Waals surface area contributed by atoms with E-state index in [4.69, 9.17) is 0 Å². The van der Waals surface area contributed by atoms with Gasteiger partial charge in [0.1, 0.15) is 5.82 Å². The molecular formula is C9H4BrFIN. The number of fused-ring (bicyclic) bond motifs is 1. The molecule has 0 aliphatic rings. The predicted molar refractivity (Wildman–Crippen MR) is 62.1 cm³/mol. The van der Waals surface area contributed by atoms with E-state index in [1.807, 2.05) is 0 Å². The summed E-state index contributed by atoms with van der Waals surface area (Å²) in [6, 6.07) is 4.76. The molecule has 66 valence electrons. The summed E-state index contributed by atoms with van der Waals surface area (Å²) in [6.45, 7) is 0. The summed E-state index contributed by atoms with van der Waals surface area (Å²) < 4.78 is 14.7. The molecule has 13 heavy (non-hydrogen) atoms. The van der Waals surface area contributed by atoms with Gasteiger partial charge in [0.25, 0.3) is 0 Å². The Labute approximate surface area is 96.6 Å². The Morgan fingerprint density at radius 3 is 2.92 bits per heavy atom. The van der Waals surface area contributed by atoms with Crippen LogP contribution >= 0.6 is 38.5 Å². The van der Waals surface area contributed by atoms with Crippen LogP contribution in [0.1, 0.15) is 0 Å². The van der Waals surface area contributed by atoms with Crippen molar-refractivity contribution in [3.05, 3.63) is 38.3 Å². The maximum absolute atomic E-state index is 13.0. The van der Waals surface area contributed by atoms with Gasteiger partial charge >= 0.3 is 0 Å². The van der Waals surface area contributed by atoms with Crippen LogP contribution in [-0.2, 0) is 0 Å². The van der Waals surface area contributed by atoms with Crippen LogP contribution in [0.15, 0.2) is 28.9 Å². The number of hydrogen-bond acceptors (Lipinski definition) is 1. The molecule has 0 aliphatic heterocycles. The second kappa shape index (κ2) is 3.49. The Kier molecular flexibility index (Phi) is 2.51. The molecule has 1 aromatic heterocycles. The molecule has 1 aromatic carbocycles. The minimum atomic E-state index is -0.231. The summed E-state index contributed by atoms with van der Waals surface area (Å²) in [6.07, 6.45) is 1.70. The molecule has 4 heteroatoms. The summed E-state index contributed by atoms with van der Waals surface area (Å²) in [4.78, 5) is 4.18. The first kappa shape index (κ1) is 9.33. The fourth-order valence-corrected chi connectivity index (χ4v) is 2.29. The Morgan fingerprint density at radius 1 is 1.38 bits per heavy atom. The zero-order valence-electron chi connectivity index (χ0n) is 6.39. The third kappa shape index (κ3) is 1.69. The van der Waals surface area contributed by atoms with E-state index in [2.05, 4.69) is 43.5 Å². The zero-order valence-corrected chi connectivity index (χ0v) is 10.1. The van der Waals surface area contributed by atoms with Gasteiger partial charge < -0.3 is 0 Å². The standard InChI is InChI=1S/C9H4BrFIN/c10-7-1-2-13-9-6(7)3-5(11)4-8(9)12/h1-4H. The van der Waals surface area contributed by atoms with E-state index in [-0.39, 0.29) is 5.82 Å². The van der Waals surface area contributed by atoms with E-state index in [0.717, 1.165) is 18.9 Å². The summed E-state index contributed by atoms with van der Waals surface area (Å²) in [5.74, 6) is -0.231. The molecule has 1 heterocycles. The highest BCUT2D eigenvalue weighted by Crippen LogP contribution is 2.26. The lowest BCUT2D eigenvalue weighted by molar-refractivity contribution is 0.628. The lowest BCUT2D eigenvalue weighted by Gasteiger charge is -2.01. The number of halogens is 3. The highest BCUT2D eigenvalue weighted by Gasteiger charge is 2.05. The molecule has 0 atom stereocenters. The lowest BCUT2D eigenvalue weighted by atomic mass is 10.2. The first-order chi connectivity index (χ1) is 6.18. The van der Waals surface area contributed by atoms with Gasteiger partial charge in [-0.3, -0.25) is 4.98 Å². The second-order valence-corrected chi connectivity index (χ2v) is 4.59. The van der Waals surface area contributed by atoms with Crippen molar-refractivity contribution in [2.24, 2.45) is 0 Å². The van der Waals surface area contributed by atoms with Crippen LogP contribution in [-0.4, -0.2) is 4.98 Å². The van der Waals surface area contributed by atoms with Gasteiger partial charge in [0.15, 0.2) is 0 Å². The minimum absolute atomic E-state index is 0.231. The zero-order chi connectivity index (χ0) is 9.42. The van der Waals surface area contributed by atoms with Crippen molar-refractivity contribution in [3.63, 3.8) is 0 Å². The number of rotatable bonds is 0. The lowest BCUT2D eigenvalue weighted by Crippen LogP contribution is -1.86. The number of benzene rings is 1. The average Bonchev–Trinajstić information content (AvgIpc) is 2.07. The fourth-order valence-electron chi connectivity index (χ4n) is 1.15. The van der Waals surface area contributed by atoms with Gasteiger partial charge in [-0.2, -0.15) is 0 Å². The molecule has 0 amide bonds. The number of hydrogen-bond donors (Lipinski definition) is 0. The van der Waals surface area contributed by atoms with Crippen LogP contribution in [0, 0.1) is 9.39 Å². The molecular weight excluding hydrogens is 348 g/mol. The molecule has 0 saturated carbocycles. The third-order valence-electron chi connectivity index (χ3n) is 1.71. The normalized spacial score (nSPS) is 10.7. The van der Waals surface area contributed by atoms with Crippen molar-refractivity contribution in [2.75, 3.05) is 0 Å². The largest absolute Gasteiger partial charge is 0.255 e. The molecule has 0 saturated heterocycles. The molecule has 2 rings (SSSR count). The van der Waals surface area contributed by atoms with Crippen molar-refractivity contribution >= 4 is 49.4 Å². The number of nitrogens with zero attached hydrogens (tertiary/aromatic N) is 1. The van der Waals surface area contributed by atoms with E-state index < -0.39 is 0 Å². The van der Waals surface area contributed by atoms with Gasteiger partial charge in [0.05, 0.1) is 5.52 Å². The molecule has 0 radical (unpaired) electrons. The fraction of sp³-hybridized carbons (Fsp3) is 0. The van der Waals surface area contributed by atoms with E-state index in [0.29, 0.717) is 0 Å². The highest BCUT2D eigenvalue weighted by molar-refractivity contribution is 14.1. The van der Waals surface area contributed by atoms with E-state index in [9.17, 15) is 4.39 Å². The van der Waals surface area contributed by atoms with Gasteiger partial charge in [0.2, 0.25) is 0 Å². The van der Waals surface area contributed by atoms with Crippen LogP contribution in [0.4, 0.5) is 4.39 Å². The highest BCUT2D eigenvalue weighted by atomic mass is 127. The van der Waals surface area contributed by atoms with Crippen molar-refractivity contribution in [3.8, 4) is 0 Å². The molecule has 0 spiro atoms. The Bertz CT molecular complexity index is 472. The summed E-state index contributed by atoms with van der Waals surface area (Å²) in [5, 5.41) is 0.812. The van der Waals surface area contributed by atoms with Crippen LogP contribution in [0.2, 0.25) is 0 Å². The SMILES string of the molecule is Fc1cc(I)c2nccc(Br)c2c1. The van der Waals surface area contributed by atoms with Crippen molar-refractivity contribution < 1.29 is 4.39 Å². The average molecular weight is 352 g/mol. The number of aromatic nitrogens is 1.